The van der Waals surface area contributed by atoms with Crippen LogP contribution in [0.4, 0.5) is 0 Å². The van der Waals surface area contributed by atoms with Crippen LogP contribution >= 0.6 is 0 Å². The lowest BCUT2D eigenvalue weighted by atomic mass is 10.3. The second kappa shape index (κ2) is 12.9. The van der Waals surface area contributed by atoms with Gasteiger partial charge in [0.05, 0.1) is 26.2 Å². The largest absolute Gasteiger partial charge is 0.480 e. The monoisotopic (exact) mass is 438 g/mol. The van der Waals surface area contributed by atoms with Crippen LogP contribution in [0.1, 0.15) is 5.82 Å². The molecule has 1 aromatic rings. The molecule has 0 unspecified atom stereocenters. The molecule has 2 heterocycles. The molecule has 0 aromatic carbocycles. The van der Waals surface area contributed by atoms with Gasteiger partial charge in [-0.15, -0.1) is 0 Å². The number of hydrogen-bond acceptors (Lipinski definition) is 9. The third-order valence-electron chi connectivity index (χ3n) is 4.99. The first-order valence-electron chi connectivity index (χ1n) is 10.1. The number of aliphatic carboxylic acids is 3. The number of hydrogen-bond donors (Lipinski definition) is 3. The SMILES string of the molecule is O=C(O)CN1CCN(CC(=O)O)CCN(Cc2ncccn2)CCN(CC(=O)O)CC1. The summed E-state index contributed by atoms with van der Waals surface area (Å²) < 4.78 is 0. The quantitative estimate of drug-likeness (QED) is 0.431. The minimum atomic E-state index is -0.976. The zero-order valence-electron chi connectivity index (χ0n) is 17.5. The molecule has 1 aliphatic heterocycles. The summed E-state index contributed by atoms with van der Waals surface area (Å²) in [6.45, 7) is 3.60. The molecule has 0 atom stereocenters. The van der Waals surface area contributed by atoms with E-state index in [9.17, 15) is 29.7 Å². The molecule has 0 bridgehead atoms. The Bertz CT molecular complexity index is 689. The highest BCUT2D eigenvalue weighted by Crippen LogP contribution is 2.04. The van der Waals surface area contributed by atoms with Gasteiger partial charge in [0.15, 0.2) is 0 Å². The van der Waals surface area contributed by atoms with E-state index in [-0.39, 0.29) is 19.6 Å². The number of rotatable bonds is 8. The molecular formula is C19H30N6O6. The average Bonchev–Trinajstić information content (AvgIpc) is 2.69. The van der Waals surface area contributed by atoms with Crippen LogP contribution in [0, 0.1) is 0 Å². The molecule has 1 saturated heterocycles. The van der Waals surface area contributed by atoms with Gasteiger partial charge in [-0.1, -0.05) is 0 Å². The second-order valence-corrected chi connectivity index (χ2v) is 7.45. The van der Waals surface area contributed by atoms with Crippen LogP contribution < -0.4 is 0 Å². The molecule has 1 aliphatic rings. The molecule has 2 rings (SSSR count). The summed E-state index contributed by atoms with van der Waals surface area (Å²) in [6.07, 6.45) is 3.31. The van der Waals surface area contributed by atoms with Gasteiger partial charge in [0.25, 0.3) is 0 Å². The molecule has 12 heteroatoms. The zero-order valence-corrected chi connectivity index (χ0v) is 17.5. The molecule has 0 saturated carbocycles. The maximum absolute atomic E-state index is 11.3. The topological polar surface area (TPSA) is 151 Å². The summed E-state index contributed by atoms with van der Waals surface area (Å²) in [5.74, 6) is -2.22. The van der Waals surface area contributed by atoms with Gasteiger partial charge in [-0.05, 0) is 6.07 Å². The number of nitrogens with zero attached hydrogens (tertiary/aromatic N) is 6. The molecule has 12 nitrogen and oxygen atoms in total. The molecular weight excluding hydrogens is 408 g/mol. The highest BCUT2D eigenvalue weighted by molar-refractivity contribution is 5.69. The summed E-state index contributed by atoms with van der Waals surface area (Å²) in [7, 11) is 0. The van der Waals surface area contributed by atoms with Crippen molar-refractivity contribution in [1.29, 1.82) is 0 Å². The van der Waals surface area contributed by atoms with Crippen molar-refractivity contribution < 1.29 is 29.7 Å². The third kappa shape index (κ3) is 10.3. The van der Waals surface area contributed by atoms with Gasteiger partial charge in [-0.25, -0.2) is 9.97 Å². The Labute approximate surface area is 180 Å². The Kier molecular flexibility index (Phi) is 10.2. The van der Waals surface area contributed by atoms with Crippen LogP contribution in [0.15, 0.2) is 18.5 Å². The molecule has 172 valence electrons. The standard InChI is InChI=1S/C19H30N6O6/c26-17(27)13-23-6-4-22(12-16-20-2-1-3-21-16)5-7-24(14-18(28)29)9-11-25(10-8-23)15-19(30)31/h1-3H,4-15H2,(H,26,27)(H,28,29)(H,30,31). The lowest BCUT2D eigenvalue weighted by Crippen LogP contribution is -2.48. The van der Waals surface area contributed by atoms with Crippen molar-refractivity contribution >= 4 is 17.9 Å². The number of carboxylic acids is 3. The van der Waals surface area contributed by atoms with E-state index in [0.29, 0.717) is 64.7 Å². The van der Waals surface area contributed by atoms with E-state index in [4.69, 9.17) is 0 Å². The lowest BCUT2D eigenvalue weighted by Gasteiger charge is -2.32. The van der Waals surface area contributed by atoms with Gasteiger partial charge in [0.2, 0.25) is 0 Å². The summed E-state index contributed by atoms with van der Waals surface area (Å²) in [5.41, 5.74) is 0. The fourth-order valence-electron chi connectivity index (χ4n) is 3.40. The molecule has 3 N–H and O–H groups in total. The van der Waals surface area contributed by atoms with Crippen molar-refractivity contribution in [3.8, 4) is 0 Å². The highest BCUT2D eigenvalue weighted by atomic mass is 16.4. The van der Waals surface area contributed by atoms with E-state index in [2.05, 4.69) is 14.9 Å². The molecule has 1 fully saturated rings. The Morgan fingerprint density at radius 3 is 1.29 bits per heavy atom. The summed E-state index contributed by atoms with van der Waals surface area (Å²) >= 11 is 0. The van der Waals surface area contributed by atoms with E-state index in [1.54, 1.807) is 33.2 Å². The number of carbonyl (C=O) groups is 3. The van der Waals surface area contributed by atoms with E-state index in [1.807, 2.05) is 0 Å². The summed E-state index contributed by atoms with van der Waals surface area (Å²) in [6, 6.07) is 1.73. The van der Waals surface area contributed by atoms with Crippen LogP contribution in [0.3, 0.4) is 0 Å². The van der Waals surface area contributed by atoms with E-state index in [1.165, 1.54) is 0 Å². The van der Waals surface area contributed by atoms with Crippen LogP contribution in [0.2, 0.25) is 0 Å². The molecule has 1 aromatic heterocycles. The molecule has 31 heavy (non-hydrogen) atoms. The maximum atomic E-state index is 11.3. The Morgan fingerprint density at radius 1 is 0.645 bits per heavy atom. The van der Waals surface area contributed by atoms with Crippen LogP contribution in [-0.4, -0.2) is 135 Å². The van der Waals surface area contributed by atoms with E-state index < -0.39 is 17.9 Å². The van der Waals surface area contributed by atoms with Crippen LogP contribution in [-0.2, 0) is 20.9 Å². The van der Waals surface area contributed by atoms with Crippen molar-refractivity contribution in [3.05, 3.63) is 24.3 Å². The van der Waals surface area contributed by atoms with Gasteiger partial charge in [0, 0.05) is 64.8 Å². The third-order valence-corrected chi connectivity index (χ3v) is 4.99. The Hall–Kier alpha value is -2.67. The first kappa shape index (κ1) is 24.6. The number of carboxylic acid groups (broad SMARTS) is 3. The van der Waals surface area contributed by atoms with Crippen molar-refractivity contribution in [3.63, 3.8) is 0 Å². The normalized spacial score (nSPS) is 18.7. The van der Waals surface area contributed by atoms with E-state index >= 15 is 0 Å². The predicted molar refractivity (Wildman–Crippen MR) is 110 cm³/mol. The van der Waals surface area contributed by atoms with Gasteiger partial charge < -0.3 is 15.3 Å². The first-order chi connectivity index (χ1) is 14.8. The Balaban J connectivity index is 2.13. The van der Waals surface area contributed by atoms with Crippen LogP contribution in [0.25, 0.3) is 0 Å². The molecule has 0 radical (unpaired) electrons. The minimum Gasteiger partial charge on any atom is -0.480 e. The van der Waals surface area contributed by atoms with Crippen molar-refractivity contribution in [1.82, 2.24) is 29.6 Å². The van der Waals surface area contributed by atoms with Gasteiger partial charge in [0.1, 0.15) is 5.82 Å². The first-order valence-corrected chi connectivity index (χ1v) is 10.1. The van der Waals surface area contributed by atoms with Gasteiger partial charge in [-0.2, -0.15) is 0 Å². The predicted octanol–water partition coefficient (Wildman–Crippen LogP) is -1.55. The molecule has 0 amide bonds. The van der Waals surface area contributed by atoms with Crippen molar-refractivity contribution in [2.75, 3.05) is 72.0 Å². The smallest absolute Gasteiger partial charge is 0.317 e. The fourth-order valence-corrected chi connectivity index (χ4v) is 3.40. The zero-order chi connectivity index (χ0) is 22.6. The van der Waals surface area contributed by atoms with Crippen molar-refractivity contribution in [2.45, 2.75) is 6.54 Å². The maximum Gasteiger partial charge on any atom is 0.317 e. The van der Waals surface area contributed by atoms with Gasteiger partial charge >= 0.3 is 17.9 Å². The highest BCUT2D eigenvalue weighted by Gasteiger charge is 2.20. The average molecular weight is 438 g/mol. The van der Waals surface area contributed by atoms with Gasteiger partial charge in [-0.3, -0.25) is 34.0 Å². The van der Waals surface area contributed by atoms with E-state index in [0.717, 1.165) is 0 Å². The Morgan fingerprint density at radius 2 is 0.968 bits per heavy atom. The molecule has 0 aliphatic carbocycles. The summed E-state index contributed by atoms with van der Waals surface area (Å²) in [4.78, 5) is 49.6. The summed E-state index contributed by atoms with van der Waals surface area (Å²) in [5, 5.41) is 27.7. The minimum absolute atomic E-state index is 0.137. The van der Waals surface area contributed by atoms with Crippen molar-refractivity contribution in [2.24, 2.45) is 0 Å². The fraction of sp³-hybridized carbons (Fsp3) is 0.632. The molecule has 0 spiro atoms. The lowest BCUT2D eigenvalue weighted by molar-refractivity contribution is -0.140. The second-order valence-electron chi connectivity index (χ2n) is 7.45. The number of aromatic nitrogens is 2. The van der Waals surface area contributed by atoms with Crippen LogP contribution in [0.5, 0.6) is 0 Å².